The molecule has 3 rings (SSSR count). The van der Waals surface area contributed by atoms with Crippen LogP contribution in [-0.4, -0.2) is 42.1 Å². The van der Waals surface area contributed by atoms with Gasteiger partial charge in [0, 0.05) is 24.0 Å². The predicted molar refractivity (Wildman–Crippen MR) is 113 cm³/mol. The number of para-hydroxylation sites is 1. The molecule has 0 aliphatic heterocycles. The van der Waals surface area contributed by atoms with Crippen molar-refractivity contribution in [3.05, 3.63) is 76.9 Å². The molecular formula is C22H22ClN3O3. The first kappa shape index (κ1) is 20.6. The van der Waals surface area contributed by atoms with E-state index in [9.17, 15) is 9.59 Å². The predicted octanol–water partition coefficient (Wildman–Crippen LogP) is 3.82. The number of esters is 1. The lowest BCUT2D eigenvalue weighted by Gasteiger charge is -2.18. The maximum absolute atomic E-state index is 12.1. The first-order valence-corrected chi connectivity index (χ1v) is 9.63. The number of pyridine rings is 1. The SMILES string of the molecule is CN(CCOC(=O)Cc1ccc2ccccc2n1)C(=O)NCc1ccccc1Cl. The molecular weight excluding hydrogens is 390 g/mol. The van der Waals surface area contributed by atoms with Crippen molar-refractivity contribution in [3.8, 4) is 0 Å². The standard InChI is InChI=1S/C22H22ClN3O3/c1-26(22(28)24-15-17-7-2-4-8-19(17)23)12-13-29-21(27)14-18-11-10-16-6-3-5-9-20(16)25-18/h2-11H,12-15H2,1H3,(H,24,28). The van der Waals surface area contributed by atoms with Gasteiger partial charge in [0.15, 0.2) is 0 Å². The Hall–Kier alpha value is -3.12. The van der Waals surface area contributed by atoms with E-state index < -0.39 is 0 Å². The first-order valence-electron chi connectivity index (χ1n) is 9.25. The summed E-state index contributed by atoms with van der Waals surface area (Å²) in [5, 5.41) is 4.41. The summed E-state index contributed by atoms with van der Waals surface area (Å²) in [6.07, 6.45) is 0.0905. The smallest absolute Gasteiger partial charge is 0.317 e. The van der Waals surface area contributed by atoms with Crippen LogP contribution >= 0.6 is 11.6 Å². The molecule has 29 heavy (non-hydrogen) atoms. The van der Waals surface area contributed by atoms with Crippen molar-refractivity contribution in [1.82, 2.24) is 15.2 Å². The summed E-state index contributed by atoms with van der Waals surface area (Å²) in [4.78, 5) is 30.1. The molecule has 150 valence electrons. The molecule has 0 unspecified atom stereocenters. The fourth-order valence-electron chi connectivity index (χ4n) is 2.75. The van der Waals surface area contributed by atoms with Gasteiger partial charge in [-0.15, -0.1) is 0 Å². The highest BCUT2D eigenvalue weighted by Gasteiger charge is 2.11. The Kier molecular flexibility index (Phi) is 7.03. The largest absolute Gasteiger partial charge is 0.464 e. The number of hydrogen-bond donors (Lipinski definition) is 1. The van der Waals surface area contributed by atoms with Gasteiger partial charge >= 0.3 is 12.0 Å². The van der Waals surface area contributed by atoms with E-state index in [1.54, 1.807) is 13.1 Å². The van der Waals surface area contributed by atoms with Crippen LogP contribution in [0.4, 0.5) is 4.79 Å². The van der Waals surface area contributed by atoms with Gasteiger partial charge < -0.3 is 15.0 Å². The summed E-state index contributed by atoms with van der Waals surface area (Å²) in [5.74, 6) is -0.377. The molecule has 3 aromatic rings. The molecule has 1 N–H and O–H groups in total. The summed E-state index contributed by atoms with van der Waals surface area (Å²) in [6, 6.07) is 18.5. The van der Waals surface area contributed by atoms with Crippen LogP contribution < -0.4 is 5.32 Å². The number of hydrogen-bond acceptors (Lipinski definition) is 4. The average molecular weight is 412 g/mol. The van der Waals surface area contributed by atoms with Gasteiger partial charge in [-0.25, -0.2) is 4.79 Å². The second kappa shape index (κ2) is 9.89. The molecule has 0 spiro atoms. The monoisotopic (exact) mass is 411 g/mol. The Bertz CT molecular complexity index is 1010. The van der Waals surface area contributed by atoms with E-state index in [-0.39, 0.29) is 31.6 Å². The maximum Gasteiger partial charge on any atom is 0.317 e. The molecule has 2 amide bonds. The molecule has 0 saturated carbocycles. The highest BCUT2D eigenvalue weighted by molar-refractivity contribution is 6.31. The second-order valence-corrected chi connectivity index (χ2v) is 6.97. The lowest BCUT2D eigenvalue weighted by Crippen LogP contribution is -2.39. The molecule has 2 aromatic carbocycles. The molecule has 7 heteroatoms. The van der Waals surface area contributed by atoms with E-state index in [0.717, 1.165) is 16.5 Å². The Balaban J connectivity index is 1.40. The van der Waals surface area contributed by atoms with Crippen molar-refractivity contribution in [2.75, 3.05) is 20.2 Å². The highest BCUT2D eigenvalue weighted by Crippen LogP contribution is 2.14. The number of likely N-dealkylation sites (N-methyl/N-ethyl adjacent to an activating group) is 1. The molecule has 0 aliphatic rings. The number of carbonyl (C=O) groups is 2. The zero-order chi connectivity index (χ0) is 20.6. The van der Waals surface area contributed by atoms with Crippen LogP contribution in [0.25, 0.3) is 10.9 Å². The van der Waals surface area contributed by atoms with Crippen LogP contribution in [0.1, 0.15) is 11.3 Å². The number of carbonyl (C=O) groups excluding carboxylic acids is 2. The van der Waals surface area contributed by atoms with Crippen molar-refractivity contribution in [2.24, 2.45) is 0 Å². The fraction of sp³-hybridized carbons (Fsp3) is 0.227. The summed E-state index contributed by atoms with van der Waals surface area (Å²) >= 11 is 6.08. The van der Waals surface area contributed by atoms with Crippen LogP contribution in [0.2, 0.25) is 5.02 Å². The molecule has 0 saturated heterocycles. The van der Waals surface area contributed by atoms with Gasteiger partial charge in [-0.2, -0.15) is 0 Å². The molecule has 0 bridgehead atoms. The van der Waals surface area contributed by atoms with E-state index >= 15 is 0 Å². The summed E-state index contributed by atoms with van der Waals surface area (Å²) in [7, 11) is 1.64. The number of halogens is 1. The average Bonchev–Trinajstić information content (AvgIpc) is 2.72. The fourth-order valence-corrected chi connectivity index (χ4v) is 2.95. The van der Waals surface area contributed by atoms with Crippen molar-refractivity contribution in [3.63, 3.8) is 0 Å². The second-order valence-electron chi connectivity index (χ2n) is 6.56. The normalized spacial score (nSPS) is 10.6. The van der Waals surface area contributed by atoms with E-state index in [4.69, 9.17) is 16.3 Å². The third-order valence-corrected chi connectivity index (χ3v) is 4.77. The number of benzene rings is 2. The number of ether oxygens (including phenoxy) is 1. The highest BCUT2D eigenvalue weighted by atomic mass is 35.5. The zero-order valence-corrected chi connectivity index (χ0v) is 16.9. The number of nitrogens with zero attached hydrogens (tertiary/aromatic N) is 2. The quantitative estimate of drug-likeness (QED) is 0.600. The van der Waals surface area contributed by atoms with Gasteiger partial charge in [-0.05, 0) is 23.8 Å². The molecule has 6 nitrogen and oxygen atoms in total. The minimum absolute atomic E-state index is 0.0905. The number of urea groups is 1. The molecule has 0 radical (unpaired) electrons. The maximum atomic E-state index is 12.1. The number of amides is 2. The molecule has 0 fully saturated rings. The molecule has 1 aromatic heterocycles. The summed E-state index contributed by atoms with van der Waals surface area (Å²) < 4.78 is 5.24. The van der Waals surface area contributed by atoms with Crippen LogP contribution in [0.15, 0.2) is 60.7 Å². The van der Waals surface area contributed by atoms with Crippen LogP contribution in [0.5, 0.6) is 0 Å². The van der Waals surface area contributed by atoms with Gasteiger partial charge in [-0.1, -0.05) is 54.1 Å². The molecule has 1 heterocycles. The topological polar surface area (TPSA) is 71.5 Å². The third-order valence-electron chi connectivity index (χ3n) is 4.41. The van der Waals surface area contributed by atoms with E-state index in [2.05, 4.69) is 10.3 Å². The van der Waals surface area contributed by atoms with Crippen LogP contribution in [0, 0.1) is 0 Å². The lowest BCUT2D eigenvalue weighted by molar-refractivity contribution is -0.143. The van der Waals surface area contributed by atoms with Gasteiger partial charge in [0.2, 0.25) is 0 Å². The van der Waals surface area contributed by atoms with Crippen molar-refractivity contribution in [1.29, 1.82) is 0 Å². The van der Waals surface area contributed by atoms with Crippen LogP contribution in [0.3, 0.4) is 0 Å². The molecule has 0 aliphatic carbocycles. The van der Waals surface area contributed by atoms with Gasteiger partial charge in [0.25, 0.3) is 0 Å². The number of nitrogens with one attached hydrogen (secondary N) is 1. The van der Waals surface area contributed by atoms with Crippen molar-refractivity contribution < 1.29 is 14.3 Å². The minimum atomic E-state index is -0.377. The molecule has 0 atom stereocenters. The van der Waals surface area contributed by atoms with Gasteiger partial charge in [0.05, 0.1) is 24.2 Å². The number of rotatable bonds is 7. The van der Waals surface area contributed by atoms with Gasteiger partial charge in [0.1, 0.15) is 6.61 Å². The minimum Gasteiger partial charge on any atom is -0.464 e. The Labute approximate surface area is 174 Å². The van der Waals surface area contributed by atoms with Crippen molar-refractivity contribution in [2.45, 2.75) is 13.0 Å². The number of aromatic nitrogens is 1. The van der Waals surface area contributed by atoms with Gasteiger partial charge in [-0.3, -0.25) is 9.78 Å². The Morgan fingerprint density at radius 3 is 2.66 bits per heavy atom. The third kappa shape index (κ3) is 5.93. The Morgan fingerprint density at radius 2 is 1.83 bits per heavy atom. The summed E-state index contributed by atoms with van der Waals surface area (Å²) in [6.45, 7) is 0.726. The van der Waals surface area contributed by atoms with E-state index in [1.165, 1.54) is 4.90 Å². The number of fused-ring (bicyclic) bond motifs is 1. The zero-order valence-electron chi connectivity index (χ0n) is 16.1. The first-order chi connectivity index (χ1) is 14.0. The van der Waals surface area contributed by atoms with Crippen molar-refractivity contribution >= 4 is 34.5 Å². The summed E-state index contributed by atoms with van der Waals surface area (Å²) in [5.41, 5.74) is 2.33. The lowest BCUT2D eigenvalue weighted by atomic mass is 10.2. The van der Waals surface area contributed by atoms with E-state index in [0.29, 0.717) is 17.3 Å². The van der Waals surface area contributed by atoms with Crippen LogP contribution in [-0.2, 0) is 22.5 Å². The Morgan fingerprint density at radius 1 is 1.07 bits per heavy atom. The van der Waals surface area contributed by atoms with E-state index in [1.807, 2.05) is 54.6 Å².